The minimum absolute atomic E-state index is 1.03. The van der Waals surface area contributed by atoms with E-state index >= 15 is 0 Å². The van der Waals surface area contributed by atoms with Crippen molar-refractivity contribution >= 4 is 11.3 Å². The van der Waals surface area contributed by atoms with Gasteiger partial charge in [-0.2, -0.15) is 0 Å². The second-order valence-electron chi connectivity index (χ2n) is 4.33. The molecule has 0 atom stereocenters. The molecule has 1 nitrogen and oxygen atoms in total. The van der Waals surface area contributed by atoms with Gasteiger partial charge in [-0.25, -0.2) is 0 Å². The molecule has 16 heavy (non-hydrogen) atoms. The Hall–Kier alpha value is -1.12. The molecular weight excluding hydrogens is 214 g/mol. The molecule has 0 aliphatic rings. The first-order valence-electron chi connectivity index (χ1n) is 5.46. The number of aryl methyl sites for hydroxylation is 1. The lowest BCUT2D eigenvalue weighted by molar-refractivity contribution is 0.406. The van der Waals surface area contributed by atoms with Crippen molar-refractivity contribution in [2.24, 2.45) is 0 Å². The quantitative estimate of drug-likeness (QED) is 0.777. The fourth-order valence-corrected chi connectivity index (χ4v) is 3.11. The van der Waals surface area contributed by atoms with Crippen molar-refractivity contribution in [1.29, 1.82) is 0 Å². The Kier molecular flexibility index (Phi) is 3.42. The topological polar surface area (TPSA) is 3.24 Å². The van der Waals surface area contributed by atoms with Crippen molar-refractivity contribution in [1.82, 2.24) is 4.90 Å². The molecule has 1 aromatic carbocycles. The SMILES string of the molecule is Cc1cc(CN(C)C)sc1-c1ccccc1. The lowest BCUT2D eigenvalue weighted by Crippen LogP contribution is -2.09. The Morgan fingerprint density at radius 3 is 2.44 bits per heavy atom. The van der Waals surface area contributed by atoms with Crippen molar-refractivity contribution in [2.45, 2.75) is 13.5 Å². The number of hydrogen-bond donors (Lipinski definition) is 0. The fraction of sp³-hybridized carbons (Fsp3) is 0.286. The molecule has 2 heteroatoms. The van der Waals surface area contributed by atoms with Crippen LogP contribution in [0.1, 0.15) is 10.4 Å². The van der Waals surface area contributed by atoms with Crippen LogP contribution in [-0.2, 0) is 6.54 Å². The van der Waals surface area contributed by atoms with Crippen LogP contribution < -0.4 is 0 Å². The molecular formula is C14H17NS. The molecule has 0 amide bonds. The van der Waals surface area contributed by atoms with Crippen LogP contribution in [0.2, 0.25) is 0 Å². The van der Waals surface area contributed by atoms with Gasteiger partial charge in [0.05, 0.1) is 0 Å². The van der Waals surface area contributed by atoms with Crippen molar-refractivity contribution in [3.63, 3.8) is 0 Å². The molecule has 0 aliphatic carbocycles. The number of thiophene rings is 1. The third-order valence-electron chi connectivity index (χ3n) is 2.48. The standard InChI is InChI=1S/C14H17NS/c1-11-9-13(10-15(2)3)16-14(11)12-7-5-4-6-8-12/h4-9H,10H2,1-3H3. The Bertz CT molecular complexity index is 457. The molecule has 0 N–H and O–H groups in total. The first-order chi connectivity index (χ1) is 7.66. The van der Waals surface area contributed by atoms with Crippen LogP contribution in [0.15, 0.2) is 36.4 Å². The Balaban J connectivity index is 2.32. The van der Waals surface area contributed by atoms with Gasteiger partial charge in [-0.15, -0.1) is 11.3 Å². The molecule has 0 fully saturated rings. The Morgan fingerprint density at radius 1 is 1.12 bits per heavy atom. The lowest BCUT2D eigenvalue weighted by Gasteiger charge is -2.05. The highest BCUT2D eigenvalue weighted by Crippen LogP contribution is 2.32. The third-order valence-corrected chi connectivity index (χ3v) is 3.75. The minimum atomic E-state index is 1.03. The maximum Gasteiger partial charge on any atom is 0.0375 e. The first-order valence-corrected chi connectivity index (χ1v) is 6.28. The monoisotopic (exact) mass is 231 g/mol. The smallest absolute Gasteiger partial charge is 0.0375 e. The predicted molar refractivity (Wildman–Crippen MR) is 71.9 cm³/mol. The van der Waals surface area contributed by atoms with E-state index in [-0.39, 0.29) is 0 Å². The van der Waals surface area contributed by atoms with Crippen LogP contribution in [0.3, 0.4) is 0 Å². The van der Waals surface area contributed by atoms with E-state index in [0.717, 1.165) is 6.54 Å². The maximum absolute atomic E-state index is 2.30. The van der Waals surface area contributed by atoms with Gasteiger partial charge in [0.15, 0.2) is 0 Å². The Morgan fingerprint density at radius 2 is 1.81 bits per heavy atom. The summed E-state index contributed by atoms with van der Waals surface area (Å²) in [6, 6.07) is 12.9. The molecule has 0 bridgehead atoms. The van der Waals surface area contributed by atoms with Gasteiger partial charge in [0.1, 0.15) is 0 Å². The molecule has 2 aromatic rings. The highest BCUT2D eigenvalue weighted by Gasteiger charge is 2.07. The van der Waals surface area contributed by atoms with Crippen molar-refractivity contribution in [2.75, 3.05) is 14.1 Å². The fourth-order valence-electron chi connectivity index (χ4n) is 1.81. The summed E-state index contributed by atoms with van der Waals surface area (Å²) in [5, 5.41) is 0. The van der Waals surface area contributed by atoms with E-state index < -0.39 is 0 Å². The summed E-state index contributed by atoms with van der Waals surface area (Å²) in [4.78, 5) is 5.04. The summed E-state index contributed by atoms with van der Waals surface area (Å²) >= 11 is 1.90. The van der Waals surface area contributed by atoms with Crippen molar-refractivity contribution in [3.8, 4) is 10.4 Å². The molecule has 0 saturated carbocycles. The lowest BCUT2D eigenvalue weighted by atomic mass is 10.1. The van der Waals surface area contributed by atoms with Crippen LogP contribution in [0.25, 0.3) is 10.4 Å². The Labute approximate surface area is 101 Å². The molecule has 0 spiro atoms. The van der Waals surface area contributed by atoms with E-state index in [1.807, 2.05) is 11.3 Å². The van der Waals surface area contributed by atoms with E-state index in [2.05, 4.69) is 62.3 Å². The molecule has 1 heterocycles. The van der Waals surface area contributed by atoms with Crippen LogP contribution >= 0.6 is 11.3 Å². The summed E-state index contributed by atoms with van der Waals surface area (Å²) in [7, 11) is 4.22. The molecule has 2 rings (SSSR count). The summed E-state index contributed by atoms with van der Waals surface area (Å²) in [6.07, 6.45) is 0. The number of nitrogens with zero attached hydrogens (tertiary/aromatic N) is 1. The average Bonchev–Trinajstić information content (AvgIpc) is 2.60. The van der Waals surface area contributed by atoms with Crippen LogP contribution in [0.4, 0.5) is 0 Å². The third kappa shape index (κ3) is 2.52. The minimum Gasteiger partial charge on any atom is -0.304 e. The van der Waals surface area contributed by atoms with Gasteiger partial charge in [0.2, 0.25) is 0 Å². The summed E-state index contributed by atoms with van der Waals surface area (Å²) in [5.41, 5.74) is 2.71. The van der Waals surface area contributed by atoms with Gasteiger partial charge < -0.3 is 4.90 Å². The molecule has 1 aromatic heterocycles. The molecule has 84 valence electrons. The largest absolute Gasteiger partial charge is 0.304 e. The summed E-state index contributed by atoms with van der Waals surface area (Å²) < 4.78 is 0. The zero-order valence-electron chi connectivity index (χ0n) is 10.0. The van der Waals surface area contributed by atoms with Crippen LogP contribution in [-0.4, -0.2) is 19.0 Å². The van der Waals surface area contributed by atoms with Gasteiger partial charge in [0.25, 0.3) is 0 Å². The van der Waals surface area contributed by atoms with E-state index in [4.69, 9.17) is 0 Å². The van der Waals surface area contributed by atoms with E-state index in [1.54, 1.807) is 0 Å². The highest BCUT2D eigenvalue weighted by atomic mass is 32.1. The highest BCUT2D eigenvalue weighted by molar-refractivity contribution is 7.15. The normalized spacial score (nSPS) is 11.0. The second kappa shape index (κ2) is 4.81. The number of benzene rings is 1. The molecule has 0 saturated heterocycles. The zero-order valence-corrected chi connectivity index (χ0v) is 10.8. The second-order valence-corrected chi connectivity index (χ2v) is 5.47. The van der Waals surface area contributed by atoms with Crippen molar-refractivity contribution in [3.05, 3.63) is 46.8 Å². The zero-order chi connectivity index (χ0) is 11.5. The predicted octanol–water partition coefficient (Wildman–Crippen LogP) is 3.79. The van der Waals surface area contributed by atoms with E-state index in [1.165, 1.54) is 20.9 Å². The molecule has 0 radical (unpaired) electrons. The summed E-state index contributed by atoms with van der Waals surface area (Å²) in [6.45, 7) is 3.22. The van der Waals surface area contributed by atoms with Gasteiger partial charge in [0, 0.05) is 16.3 Å². The van der Waals surface area contributed by atoms with Crippen LogP contribution in [0.5, 0.6) is 0 Å². The molecule has 0 unspecified atom stereocenters. The van der Waals surface area contributed by atoms with Gasteiger partial charge in [-0.3, -0.25) is 0 Å². The summed E-state index contributed by atoms with van der Waals surface area (Å²) in [5.74, 6) is 0. The van der Waals surface area contributed by atoms with Crippen molar-refractivity contribution < 1.29 is 0 Å². The maximum atomic E-state index is 2.30. The number of hydrogen-bond acceptors (Lipinski definition) is 2. The first kappa shape index (κ1) is 11.4. The van der Waals surface area contributed by atoms with Crippen LogP contribution in [0, 0.1) is 6.92 Å². The number of rotatable bonds is 3. The van der Waals surface area contributed by atoms with Gasteiger partial charge in [-0.1, -0.05) is 30.3 Å². The van der Waals surface area contributed by atoms with Gasteiger partial charge in [-0.05, 0) is 38.2 Å². The average molecular weight is 231 g/mol. The molecule has 0 aliphatic heterocycles. The van der Waals surface area contributed by atoms with E-state index in [9.17, 15) is 0 Å². The van der Waals surface area contributed by atoms with E-state index in [0.29, 0.717) is 0 Å². The van der Waals surface area contributed by atoms with Gasteiger partial charge >= 0.3 is 0 Å².